The molecular weight excluding hydrogens is 251 g/mol. The van der Waals surface area contributed by atoms with Crippen LogP contribution in [-0.4, -0.2) is 6.04 Å². The molecule has 1 nitrogen and oxygen atoms in total. The maximum atomic E-state index is 12.5. The molecular formula is C12H15ClF3N. The van der Waals surface area contributed by atoms with Gasteiger partial charge in [-0.15, -0.1) is 0 Å². The third-order valence-corrected chi connectivity index (χ3v) is 2.97. The van der Waals surface area contributed by atoms with Crippen molar-refractivity contribution in [1.29, 1.82) is 0 Å². The minimum Gasteiger partial charge on any atom is -0.381 e. The number of hydrogen-bond donors (Lipinski definition) is 1. The van der Waals surface area contributed by atoms with Gasteiger partial charge in [-0.1, -0.05) is 25.4 Å². The van der Waals surface area contributed by atoms with E-state index in [0.717, 1.165) is 25.0 Å². The first-order valence-corrected chi connectivity index (χ1v) is 5.89. The van der Waals surface area contributed by atoms with Crippen molar-refractivity contribution in [2.75, 3.05) is 5.32 Å². The van der Waals surface area contributed by atoms with E-state index in [2.05, 4.69) is 5.32 Å². The quantitative estimate of drug-likeness (QED) is 0.811. The lowest BCUT2D eigenvalue weighted by molar-refractivity contribution is -0.137. The number of alkyl halides is 3. The van der Waals surface area contributed by atoms with E-state index in [0.29, 0.717) is 10.7 Å². The molecule has 0 aliphatic heterocycles. The highest BCUT2D eigenvalue weighted by Crippen LogP contribution is 2.34. The Hall–Kier alpha value is -0.900. The van der Waals surface area contributed by atoms with E-state index >= 15 is 0 Å². The Kier molecular flexibility index (Phi) is 4.69. The van der Waals surface area contributed by atoms with Gasteiger partial charge in [0, 0.05) is 6.04 Å². The van der Waals surface area contributed by atoms with Gasteiger partial charge in [-0.05, 0) is 31.0 Å². The Labute approximate surface area is 104 Å². The summed E-state index contributed by atoms with van der Waals surface area (Å²) >= 11 is 5.87. The van der Waals surface area contributed by atoms with Crippen molar-refractivity contribution in [3.05, 3.63) is 28.8 Å². The van der Waals surface area contributed by atoms with Gasteiger partial charge in [-0.3, -0.25) is 0 Å². The van der Waals surface area contributed by atoms with Crippen LogP contribution in [0.4, 0.5) is 18.9 Å². The highest BCUT2D eigenvalue weighted by molar-refractivity contribution is 6.33. The zero-order valence-corrected chi connectivity index (χ0v) is 10.5. The molecule has 1 N–H and O–H groups in total. The van der Waals surface area contributed by atoms with Crippen molar-refractivity contribution in [3.8, 4) is 0 Å². The fourth-order valence-corrected chi connectivity index (χ4v) is 1.70. The second-order valence-electron chi connectivity index (χ2n) is 3.85. The van der Waals surface area contributed by atoms with Crippen LogP contribution in [0.25, 0.3) is 0 Å². The normalized spacial score (nSPS) is 11.9. The van der Waals surface area contributed by atoms with Crippen molar-refractivity contribution >= 4 is 17.3 Å². The largest absolute Gasteiger partial charge is 0.416 e. The van der Waals surface area contributed by atoms with Crippen LogP contribution in [0.5, 0.6) is 0 Å². The van der Waals surface area contributed by atoms with E-state index in [1.54, 1.807) is 0 Å². The Morgan fingerprint density at radius 1 is 1.24 bits per heavy atom. The molecule has 0 aliphatic rings. The maximum absolute atomic E-state index is 12.5. The number of anilines is 1. The van der Waals surface area contributed by atoms with Crippen LogP contribution in [0.1, 0.15) is 32.3 Å². The van der Waals surface area contributed by atoms with Crippen molar-refractivity contribution in [2.24, 2.45) is 0 Å². The molecule has 0 aromatic heterocycles. The fraction of sp³-hybridized carbons (Fsp3) is 0.500. The van der Waals surface area contributed by atoms with Crippen LogP contribution in [0, 0.1) is 0 Å². The highest BCUT2D eigenvalue weighted by atomic mass is 35.5. The Bertz CT molecular complexity index is 373. The molecule has 0 saturated carbocycles. The summed E-state index contributed by atoms with van der Waals surface area (Å²) in [5, 5.41) is 3.34. The molecule has 96 valence electrons. The second-order valence-corrected chi connectivity index (χ2v) is 4.26. The van der Waals surface area contributed by atoms with E-state index in [1.165, 1.54) is 6.07 Å². The topological polar surface area (TPSA) is 12.0 Å². The Morgan fingerprint density at radius 2 is 1.82 bits per heavy atom. The van der Waals surface area contributed by atoms with Crippen LogP contribution in [0.2, 0.25) is 5.02 Å². The first-order chi connectivity index (χ1) is 7.88. The molecule has 0 spiro atoms. The van der Waals surface area contributed by atoms with Gasteiger partial charge in [0.25, 0.3) is 0 Å². The zero-order chi connectivity index (χ0) is 13.1. The molecule has 0 amide bonds. The lowest BCUT2D eigenvalue weighted by Gasteiger charge is -2.18. The van der Waals surface area contributed by atoms with E-state index in [-0.39, 0.29) is 6.04 Å². The number of benzene rings is 1. The summed E-state index contributed by atoms with van der Waals surface area (Å²) in [6, 6.07) is 3.45. The van der Waals surface area contributed by atoms with Gasteiger partial charge in [-0.25, -0.2) is 0 Å². The third kappa shape index (κ3) is 3.80. The number of nitrogens with one attached hydrogen (secondary N) is 1. The highest BCUT2D eigenvalue weighted by Gasteiger charge is 2.31. The van der Waals surface area contributed by atoms with Crippen LogP contribution in [-0.2, 0) is 6.18 Å². The van der Waals surface area contributed by atoms with Crippen molar-refractivity contribution in [2.45, 2.75) is 38.9 Å². The molecule has 0 saturated heterocycles. The third-order valence-electron chi connectivity index (χ3n) is 2.64. The van der Waals surface area contributed by atoms with Crippen LogP contribution in [0.15, 0.2) is 18.2 Å². The first kappa shape index (κ1) is 14.2. The molecule has 0 radical (unpaired) electrons. The van der Waals surface area contributed by atoms with Crippen molar-refractivity contribution in [1.82, 2.24) is 0 Å². The van der Waals surface area contributed by atoms with Gasteiger partial charge < -0.3 is 5.32 Å². The van der Waals surface area contributed by atoms with E-state index < -0.39 is 11.7 Å². The van der Waals surface area contributed by atoms with Gasteiger partial charge in [0.2, 0.25) is 0 Å². The summed E-state index contributed by atoms with van der Waals surface area (Å²) in [6.07, 6.45) is -2.67. The molecule has 0 heterocycles. The number of rotatable bonds is 4. The summed E-state index contributed by atoms with van der Waals surface area (Å²) in [5.74, 6) is 0. The number of hydrogen-bond acceptors (Lipinski definition) is 1. The molecule has 0 aliphatic carbocycles. The summed E-state index contributed by atoms with van der Waals surface area (Å²) < 4.78 is 37.6. The molecule has 0 atom stereocenters. The average Bonchev–Trinajstić information content (AvgIpc) is 2.26. The van der Waals surface area contributed by atoms with Crippen LogP contribution >= 0.6 is 11.6 Å². The monoisotopic (exact) mass is 265 g/mol. The molecule has 1 aromatic carbocycles. The minimum absolute atomic E-state index is 0.135. The molecule has 1 rings (SSSR count). The predicted molar refractivity (Wildman–Crippen MR) is 64.4 cm³/mol. The van der Waals surface area contributed by atoms with E-state index in [4.69, 9.17) is 11.6 Å². The van der Waals surface area contributed by atoms with Gasteiger partial charge in [0.05, 0.1) is 16.3 Å². The molecule has 5 heteroatoms. The second kappa shape index (κ2) is 5.63. The SMILES string of the molecule is CCC(CC)Nc1cc(C(F)(F)F)ccc1Cl. The van der Waals surface area contributed by atoms with Gasteiger partial charge in [0.15, 0.2) is 0 Å². The zero-order valence-electron chi connectivity index (χ0n) is 9.74. The lowest BCUT2D eigenvalue weighted by atomic mass is 10.1. The average molecular weight is 266 g/mol. The maximum Gasteiger partial charge on any atom is 0.416 e. The Balaban J connectivity index is 2.98. The summed E-state index contributed by atoms with van der Waals surface area (Å²) in [5.41, 5.74) is -0.342. The Morgan fingerprint density at radius 3 is 2.29 bits per heavy atom. The first-order valence-electron chi connectivity index (χ1n) is 5.51. The summed E-state index contributed by atoms with van der Waals surface area (Å²) in [4.78, 5) is 0. The lowest BCUT2D eigenvalue weighted by Crippen LogP contribution is -2.17. The van der Waals surface area contributed by atoms with Gasteiger partial charge in [0.1, 0.15) is 0 Å². The fourth-order valence-electron chi connectivity index (χ4n) is 1.52. The van der Waals surface area contributed by atoms with Crippen molar-refractivity contribution in [3.63, 3.8) is 0 Å². The van der Waals surface area contributed by atoms with Crippen LogP contribution in [0.3, 0.4) is 0 Å². The van der Waals surface area contributed by atoms with Crippen LogP contribution < -0.4 is 5.32 Å². The predicted octanol–water partition coefficient (Wildman–Crippen LogP) is 4.96. The molecule has 0 fully saturated rings. The van der Waals surface area contributed by atoms with E-state index in [9.17, 15) is 13.2 Å². The minimum atomic E-state index is -4.34. The summed E-state index contributed by atoms with van der Waals surface area (Å²) in [6.45, 7) is 3.95. The molecule has 17 heavy (non-hydrogen) atoms. The van der Waals surface area contributed by atoms with Gasteiger partial charge >= 0.3 is 6.18 Å². The molecule has 0 bridgehead atoms. The number of halogens is 4. The summed E-state index contributed by atoms with van der Waals surface area (Å²) in [7, 11) is 0. The van der Waals surface area contributed by atoms with Gasteiger partial charge in [-0.2, -0.15) is 13.2 Å². The smallest absolute Gasteiger partial charge is 0.381 e. The molecule has 1 aromatic rings. The van der Waals surface area contributed by atoms with Crippen molar-refractivity contribution < 1.29 is 13.2 Å². The van der Waals surface area contributed by atoms with E-state index in [1.807, 2.05) is 13.8 Å². The standard InChI is InChI=1S/C12H15ClF3N/c1-3-9(4-2)17-11-7-8(12(14,15)16)5-6-10(11)13/h5-7,9,17H,3-4H2,1-2H3. The molecule has 0 unspecified atom stereocenters.